The van der Waals surface area contributed by atoms with Gasteiger partial charge in [-0.2, -0.15) is 0 Å². The van der Waals surface area contributed by atoms with Crippen LogP contribution in [0.3, 0.4) is 0 Å². The summed E-state index contributed by atoms with van der Waals surface area (Å²) >= 11 is 5.22. The second kappa shape index (κ2) is 9.33. The van der Waals surface area contributed by atoms with Gasteiger partial charge in [0.25, 0.3) is 0 Å². The van der Waals surface area contributed by atoms with Crippen LogP contribution in [0.5, 0.6) is 0 Å². The van der Waals surface area contributed by atoms with Crippen molar-refractivity contribution in [3.8, 4) is 0 Å². The van der Waals surface area contributed by atoms with Crippen LogP contribution in [-0.4, -0.2) is 0 Å². The molecular weight excluding hydrogens is 578 g/mol. The van der Waals surface area contributed by atoms with Crippen molar-refractivity contribution in [2.75, 3.05) is 0 Å². The Morgan fingerprint density at radius 2 is 1.25 bits per heavy atom. The fourth-order valence-electron chi connectivity index (χ4n) is 0. The third-order valence-electron chi connectivity index (χ3n) is 0. The average Bonchev–Trinajstić information content (AvgIpc) is 0.918. The van der Waals surface area contributed by atoms with Gasteiger partial charge in [0, 0.05) is 22.4 Å². The molecule has 0 aromatic rings. The Kier molecular flexibility index (Phi) is 23.4. The van der Waals surface area contributed by atoms with Crippen LogP contribution in [0.15, 0.2) is 0 Å². The van der Waals surface area contributed by atoms with Crippen molar-refractivity contribution >= 4 is 50.5 Å². The number of halogens is 3. The molecule has 0 spiro atoms. The molecule has 0 unspecified atom stereocenters. The van der Waals surface area contributed by atoms with Gasteiger partial charge in [-0.25, -0.2) is 0 Å². The minimum absolute atomic E-state index is 0. The van der Waals surface area contributed by atoms with Crippen molar-refractivity contribution < 1.29 is 22.4 Å². The van der Waals surface area contributed by atoms with Crippen LogP contribution < -0.4 is 0 Å². The molecule has 4 heavy (non-hydrogen) atoms. The van der Waals surface area contributed by atoms with E-state index < -0.39 is 0 Å². The molecule has 0 N–H and O–H groups in total. The van der Waals surface area contributed by atoms with Crippen molar-refractivity contribution in [2.24, 2.45) is 0 Å². The van der Waals surface area contributed by atoms with E-state index in [-0.39, 0.29) is 22.4 Å². The van der Waals surface area contributed by atoms with Gasteiger partial charge in [-0.05, 0) is 0 Å². The molecule has 0 saturated carbocycles. The van der Waals surface area contributed by atoms with Crippen LogP contribution in [0, 0.1) is 0 Å². The van der Waals surface area contributed by atoms with Crippen LogP contribution in [0.25, 0.3) is 0 Å². The van der Waals surface area contributed by atoms with Crippen LogP contribution in [0.2, 0.25) is 0 Å². The molecule has 0 saturated heterocycles. The molecule has 0 rings (SSSR count). The van der Waals surface area contributed by atoms with E-state index in [0.29, 0.717) is 13.3 Å². The maximum Gasteiger partial charge on any atom is 0 e. The molecule has 0 aliphatic heterocycles. The first-order chi connectivity index (χ1) is 1.41. The predicted octanol–water partition coefficient (Wildman–Crippen LogP) is 2.39. The van der Waals surface area contributed by atoms with E-state index in [1.165, 1.54) is 0 Å². The minimum atomic E-state index is 0. The Hall–Kier alpha value is 2.93. The van der Waals surface area contributed by atoms with Crippen molar-refractivity contribution in [3.05, 3.63) is 0 Å². The Bertz CT molecular complexity index is 3.25. The quantitative estimate of drug-likeness (QED) is 0.306. The topological polar surface area (TPSA) is 0 Å². The largest absolute Gasteiger partial charge is 0 e. The summed E-state index contributed by atoms with van der Waals surface area (Å²) in [5.41, 5.74) is 0. The smallest absolute Gasteiger partial charge is 0 e. The summed E-state index contributed by atoms with van der Waals surface area (Å²) in [5.74, 6) is 0. The van der Waals surface area contributed by atoms with Crippen molar-refractivity contribution in [3.63, 3.8) is 0 Å². The first-order valence-electron chi connectivity index (χ1n) is 0.309. The number of rotatable bonds is 0. The first kappa shape index (κ1) is 10.0. The molecule has 0 bridgehead atoms. The Balaban J connectivity index is 0. The number of hydrogen-bond acceptors (Lipinski definition) is 0. The molecule has 0 aliphatic rings. The summed E-state index contributed by atoms with van der Waals surface area (Å²) in [5, 5.41) is 0. The molecule has 1 radical (unpaired) electrons. The van der Waals surface area contributed by atoms with Gasteiger partial charge >= 0.3 is 50.5 Å². The average molecular weight is 579 g/mol. The second-order valence-electron chi connectivity index (χ2n) is 0.0583. The van der Waals surface area contributed by atoms with E-state index in [4.69, 9.17) is 0 Å². The molecule has 0 amide bonds. The van der Waals surface area contributed by atoms with Gasteiger partial charge in [0.05, 0.1) is 0 Å². The first-order valence-corrected chi connectivity index (χ1v) is 13.9. The second-order valence-corrected chi connectivity index (χ2v) is 17.6. The molecule has 0 aromatic carbocycles. The van der Waals surface area contributed by atoms with E-state index in [1.807, 2.05) is 0 Å². The maximum absolute atomic E-state index is 2.41. The summed E-state index contributed by atoms with van der Waals surface area (Å²) in [7, 11) is 0. The number of hydrogen-bond donors (Lipinski definition) is 0. The van der Waals surface area contributed by atoms with Gasteiger partial charge in [0.2, 0.25) is 0 Å². The van der Waals surface area contributed by atoms with Gasteiger partial charge in [-0.1, -0.05) is 0 Å². The van der Waals surface area contributed by atoms with Gasteiger partial charge in [0.1, 0.15) is 0 Å². The molecule has 0 aromatic heterocycles. The standard InChI is InChI=1S/Au.HI3/c;1-3-2/h;3H. The Morgan fingerprint density at radius 1 is 1.25 bits per heavy atom. The summed E-state index contributed by atoms with van der Waals surface area (Å²) in [6.07, 6.45) is 0. The summed E-state index contributed by atoms with van der Waals surface area (Å²) in [6.45, 7) is 0. The fourth-order valence-corrected chi connectivity index (χ4v) is 0. The van der Waals surface area contributed by atoms with Crippen LogP contribution in [-0.2, 0) is 22.4 Å². The van der Waals surface area contributed by atoms with E-state index in [2.05, 4.69) is 37.2 Å². The zero-order valence-electron chi connectivity index (χ0n) is 1.47. The maximum atomic E-state index is 2.41. The normalized spacial score (nSPS) is 5.50. The van der Waals surface area contributed by atoms with Gasteiger partial charge < -0.3 is 0 Å². The molecule has 0 nitrogen and oxygen atoms in total. The summed E-state index contributed by atoms with van der Waals surface area (Å²) in [4.78, 5) is 0. The molecule has 0 atom stereocenters. The zero-order chi connectivity index (χ0) is 2.71. The van der Waals surface area contributed by atoms with Gasteiger partial charge in [0.15, 0.2) is 0 Å². The summed E-state index contributed by atoms with van der Waals surface area (Å²) in [6, 6.07) is 0. The van der Waals surface area contributed by atoms with Crippen LogP contribution in [0.1, 0.15) is 0 Å². The Morgan fingerprint density at radius 3 is 1.25 bits per heavy atom. The third kappa shape index (κ3) is 8.87. The van der Waals surface area contributed by atoms with Crippen molar-refractivity contribution in [1.29, 1.82) is 0 Å². The van der Waals surface area contributed by atoms with E-state index in [1.54, 1.807) is 0 Å². The van der Waals surface area contributed by atoms with Crippen LogP contribution >= 0.6 is 50.5 Å². The predicted molar refractivity (Wildman–Crippen MR) is 43.5 cm³/mol. The van der Waals surface area contributed by atoms with E-state index in [9.17, 15) is 0 Å². The molecule has 0 heterocycles. The molecule has 0 aliphatic carbocycles. The molecule has 33 valence electrons. The third-order valence-corrected chi connectivity index (χ3v) is 0. The fraction of sp³-hybridized carbons (Fsp3) is 0. The zero-order valence-corrected chi connectivity index (χ0v) is 10.3. The van der Waals surface area contributed by atoms with E-state index in [0.717, 1.165) is 0 Å². The molecular formula is HAuI3. The van der Waals surface area contributed by atoms with Crippen LogP contribution in [0.4, 0.5) is 0 Å². The minimum Gasteiger partial charge on any atom is 0 e. The van der Waals surface area contributed by atoms with Crippen molar-refractivity contribution in [1.82, 2.24) is 0 Å². The molecule has 4 heteroatoms. The SMILES string of the molecule is I[IH]I.[Au]. The van der Waals surface area contributed by atoms with Gasteiger partial charge in [-0.3, -0.25) is 0 Å². The molecule has 0 fully saturated rings. The Labute approximate surface area is 71.0 Å². The van der Waals surface area contributed by atoms with Gasteiger partial charge in [-0.15, -0.1) is 0 Å². The summed E-state index contributed by atoms with van der Waals surface area (Å²) < 4.78 is 0. The monoisotopic (exact) mass is 579 g/mol. The van der Waals surface area contributed by atoms with Crippen molar-refractivity contribution in [2.45, 2.75) is 0 Å². The van der Waals surface area contributed by atoms with E-state index >= 15 is 0 Å².